The topological polar surface area (TPSA) is 71.5 Å². The predicted octanol–water partition coefficient (Wildman–Crippen LogP) is 4.36. The summed E-state index contributed by atoms with van der Waals surface area (Å²) in [6.45, 7) is 0.418. The highest BCUT2D eigenvalue weighted by Gasteiger charge is 2.36. The number of halogens is 2. The number of rotatable bonds is 5. The van der Waals surface area contributed by atoms with Gasteiger partial charge in [0.15, 0.2) is 0 Å². The van der Waals surface area contributed by atoms with Crippen LogP contribution >= 0.6 is 27.5 Å². The number of hydrogen-bond donors (Lipinski definition) is 1. The number of carbonyl (C=O) groups is 2. The molecule has 4 rings (SSSR count). The second kappa shape index (κ2) is 9.35. The molecule has 2 heterocycles. The standard InChI is InChI=1S/C22H23BrClN3O3/c23-15-2-1-3-18(11-15)27-13-14(10-21(27)28)22(29)26-17-5-7-19(8-6-17)30-20-9-4-16(24)12-25-20/h1-4,9,11-12,14,17,19H,5-8,10,13H2,(H,26,29). The van der Waals surface area contributed by atoms with Gasteiger partial charge >= 0.3 is 0 Å². The predicted molar refractivity (Wildman–Crippen MR) is 119 cm³/mol. The summed E-state index contributed by atoms with van der Waals surface area (Å²) < 4.78 is 6.82. The zero-order chi connectivity index (χ0) is 21.1. The van der Waals surface area contributed by atoms with E-state index in [0.29, 0.717) is 17.4 Å². The maximum Gasteiger partial charge on any atom is 0.227 e. The third-order valence-corrected chi connectivity index (χ3v) is 6.34. The Balaban J connectivity index is 1.26. The average Bonchev–Trinajstić information content (AvgIpc) is 3.13. The van der Waals surface area contributed by atoms with Gasteiger partial charge in [0.2, 0.25) is 17.7 Å². The fourth-order valence-corrected chi connectivity index (χ4v) is 4.52. The van der Waals surface area contributed by atoms with Gasteiger partial charge in [0, 0.05) is 41.4 Å². The Bertz CT molecular complexity index is 916. The minimum Gasteiger partial charge on any atom is -0.474 e. The van der Waals surface area contributed by atoms with E-state index in [9.17, 15) is 9.59 Å². The molecule has 6 nitrogen and oxygen atoms in total. The van der Waals surface area contributed by atoms with Crippen LogP contribution in [0.15, 0.2) is 47.1 Å². The van der Waals surface area contributed by atoms with Crippen molar-refractivity contribution in [3.63, 3.8) is 0 Å². The zero-order valence-corrected chi connectivity index (χ0v) is 18.7. The number of benzene rings is 1. The van der Waals surface area contributed by atoms with Crippen LogP contribution in [0.1, 0.15) is 32.1 Å². The molecule has 8 heteroatoms. The molecule has 2 aromatic rings. The monoisotopic (exact) mass is 491 g/mol. The van der Waals surface area contributed by atoms with Crippen LogP contribution < -0.4 is 15.0 Å². The van der Waals surface area contributed by atoms with Crippen LogP contribution in [0.2, 0.25) is 5.02 Å². The number of anilines is 1. The number of pyridine rings is 1. The molecule has 1 aliphatic carbocycles. The fraction of sp³-hybridized carbons (Fsp3) is 0.409. The van der Waals surface area contributed by atoms with E-state index in [2.05, 4.69) is 26.2 Å². The molecule has 0 bridgehead atoms. The molecule has 2 amide bonds. The Morgan fingerprint density at radius 1 is 1.20 bits per heavy atom. The molecule has 1 aromatic carbocycles. The summed E-state index contributed by atoms with van der Waals surface area (Å²) in [5.74, 6) is 0.207. The number of amides is 2. The third kappa shape index (κ3) is 5.13. The van der Waals surface area contributed by atoms with Gasteiger partial charge in [-0.25, -0.2) is 4.98 Å². The van der Waals surface area contributed by atoms with Crippen molar-refractivity contribution in [2.24, 2.45) is 5.92 Å². The lowest BCUT2D eigenvalue weighted by Crippen LogP contribution is -2.43. The summed E-state index contributed by atoms with van der Waals surface area (Å²) in [6, 6.07) is 11.2. The van der Waals surface area contributed by atoms with Gasteiger partial charge in [0.25, 0.3) is 0 Å². The normalized spacial score (nSPS) is 24.0. The first-order valence-corrected chi connectivity index (χ1v) is 11.3. The first-order chi connectivity index (χ1) is 14.5. The van der Waals surface area contributed by atoms with E-state index in [1.54, 1.807) is 23.2 Å². The second-order valence-electron chi connectivity index (χ2n) is 7.80. The molecule has 1 aliphatic heterocycles. The Kier molecular flexibility index (Phi) is 6.58. The SMILES string of the molecule is O=C(NC1CCC(Oc2ccc(Cl)cn2)CC1)C1CC(=O)N(c2cccc(Br)c2)C1. The van der Waals surface area contributed by atoms with Gasteiger partial charge in [-0.15, -0.1) is 0 Å². The van der Waals surface area contributed by atoms with Crippen LogP contribution in [0.25, 0.3) is 0 Å². The number of aromatic nitrogens is 1. The highest BCUT2D eigenvalue weighted by molar-refractivity contribution is 9.10. The van der Waals surface area contributed by atoms with Crippen LogP contribution in [0, 0.1) is 5.92 Å². The van der Waals surface area contributed by atoms with Crippen molar-refractivity contribution in [3.8, 4) is 5.88 Å². The number of nitrogens with zero attached hydrogens (tertiary/aromatic N) is 2. The quantitative estimate of drug-likeness (QED) is 0.673. The molecular weight excluding hydrogens is 470 g/mol. The molecule has 0 radical (unpaired) electrons. The van der Waals surface area contributed by atoms with Crippen LogP contribution in [0.4, 0.5) is 5.69 Å². The molecular formula is C22H23BrClN3O3. The van der Waals surface area contributed by atoms with Gasteiger partial charge in [-0.05, 0) is 49.9 Å². The van der Waals surface area contributed by atoms with E-state index in [1.165, 1.54) is 0 Å². The van der Waals surface area contributed by atoms with Gasteiger partial charge in [-0.1, -0.05) is 33.6 Å². The summed E-state index contributed by atoms with van der Waals surface area (Å²) in [5.41, 5.74) is 0.818. The van der Waals surface area contributed by atoms with Gasteiger partial charge in [0.1, 0.15) is 6.10 Å². The number of carbonyl (C=O) groups excluding carboxylic acids is 2. The van der Waals surface area contributed by atoms with Crippen molar-refractivity contribution in [3.05, 3.63) is 52.1 Å². The maximum atomic E-state index is 12.8. The summed E-state index contributed by atoms with van der Waals surface area (Å²) >= 11 is 9.28. The molecule has 30 heavy (non-hydrogen) atoms. The zero-order valence-electron chi connectivity index (χ0n) is 16.4. The molecule has 2 aliphatic rings. The second-order valence-corrected chi connectivity index (χ2v) is 9.15. The van der Waals surface area contributed by atoms with E-state index in [4.69, 9.17) is 16.3 Å². The smallest absolute Gasteiger partial charge is 0.227 e. The summed E-state index contributed by atoms with van der Waals surface area (Å²) in [6.07, 6.45) is 5.31. The minimum atomic E-state index is -0.316. The van der Waals surface area contributed by atoms with Crippen molar-refractivity contribution >= 4 is 45.0 Å². The van der Waals surface area contributed by atoms with Gasteiger partial charge < -0.3 is 15.0 Å². The molecule has 1 saturated heterocycles. The first kappa shape index (κ1) is 21.1. The summed E-state index contributed by atoms with van der Waals surface area (Å²) in [4.78, 5) is 31.1. The van der Waals surface area contributed by atoms with E-state index in [0.717, 1.165) is 35.8 Å². The molecule has 1 aromatic heterocycles. The molecule has 2 fully saturated rings. The van der Waals surface area contributed by atoms with Gasteiger partial charge in [-0.2, -0.15) is 0 Å². The molecule has 1 N–H and O–H groups in total. The highest BCUT2D eigenvalue weighted by atomic mass is 79.9. The minimum absolute atomic E-state index is 0.0131. The average molecular weight is 493 g/mol. The Morgan fingerprint density at radius 3 is 2.70 bits per heavy atom. The molecule has 158 valence electrons. The Morgan fingerprint density at radius 2 is 2.00 bits per heavy atom. The van der Waals surface area contributed by atoms with Crippen LogP contribution in [-0.2, 0) is 9.59 Å². The van der Waals surface area contributed by atoms with Crippen LogP contribution in [-0.4, -0.2) is 35.5 Å². The fourth-order valence-electron chi connectivity index (χ4n) is 4.02. The number of nitrogens with one attached hydrogen (secondary N) is 1. The highest BCUT2D eigenvalue weighted by Crippen LogP contribution is 2.28. The van der Waals surface area contributed by atoms with Crippen LogP contribution in [0.5, 0.6) is 5.88 Å². The Hall–Kier alpha value is -2.12. The van der Waals surface area contributed by atoms with E-state index >= 15 is 0 Å². The molecule has 0 spiro atoms. The first-order valence-electron chi connectivity index (χ1n) is 10.1. The Labute approximate surface area is 189 Å². The number of hydrogen-bond acceptors (Lipinski definition) is 4. The number of ether oxygens (including phenoxy) is 1. The lowest BCUT2D eigenvalue weighted by Gasteiger charge is -2.29. The van der Waals surface area contributed by atoms with Crippen molar-refractivity contribution in [1.82, 2.24) is 10.3 Å². The molecule has 1 unspecified atom stereocenters. The van der Waals surface area contributed by atoms with Gasteiger partial charge in [0.05, 0.1) is 10.9 Å². The van der Waals surface area contributed by atoms with Crippen molar-refractivity contribution < 1.29 is 14.3 Å². The van der Waals surface area contributed by atoms with Crippen molar-refractivity contribution in [2.45, 2.75) is 44.2 Å². The largest absolute Gasteiger partial charge is 0.474 e. The van der Waals surface area contributed by atoms with Crippen LogP contribution in [0.3, 0.4) is 0 Å². The summed E-state index contributed by atoms with van der Waals surface area (Å²) in [5, 5.41) is 3.72. The lowest BCUT2D eigenvalue weighted by atomic mass is 9.92. The van der Waals surface area contributed by atoms with Crippen molar-refractivity contribution in [1.29, 1.82) is 0 Å². The van der Waals surface area contributed by atoms with E-state index < -0.39 is 0 Å². The van der Waals surface area contributed by atoms with Crippen molar-refractivity contribution in [2.75, 3.05) is 11.4 Å². The van der Waals surface area contributed by atoms with E-state index in [-0.39, 0.29) is 36.3 Å². The summed E-state index contributed by atoms with van der Waals surface area (Å²) in [7, 11) is 0. The molecule has 1 saturated carbocycles. The lowest BCUT2D eigenvalue weighted by molar-refractivity contribution is -0.127. The van der Waals surface area contributed by atoms with E-state index in [1.807, 2.05) is 24.3 Å². The maximum absolute atomic E-state index is 12.8. The van der Waals surface area contributed by atoms with Gasteiger partial charge in [-0.3, -0.25) is 9.59 Å². The third-order valence-electron chi connectivity index (χ3n) is 5.62. The molecule has 1 atom stereocenters.